The van der Waals surface area contributed by atoms with Crippen molar-refractivity contribution >= 4 is 51.0 Å². The summed E-state index contributed by atoms with van der Waals surface area (Å²) in [6.07, 6.45) is 10.5. The van der Waals surface area contributed by atoms with Gasteiger partial charge in [0, 0.05) is 50.8 Å². The Kier molecular flexibility index (Phi) is 11.4. The van der Waals surface area contributed by atoms with Crippen molar-refractivity contribution in [3.8, 4) is 22.6 Å². The molecule has 4 heterocycles. The van der Waals surface area contributed by atoms with Crippen LogP contribution in [0.5, 0.6) is 11.5 Å². The number of nitrogens with one attached hydrogen (secondary N) is 2. The van der Waals surface area contributed by atoms with E-state index in [0.29, 0.717) is 6.42 Å². The van der Waals surface area contributed by atoms with E-state index in [4.69, 9.17) is 14.5 Å². The number of allylic oxidation sites excluding steroid dienone is 4. The second kappa shape index (κ2) is 16.9. The lowest BCUT2D eigenvalue weighted by Gasteiger charge is -2.20. The Morgan fingerprint density at radius 1 is 0.623 bits per heavy atom. The zero-order chi connectivity index (χ0) is 43.1. The molecule has 0 aliphatic carbocycles. The maximum Gasteiger partial charge on any atom is 0.273 e. The van der Waals surface area contributed by atoms with Gasteiger partial charge in [0.2, 0.25) is 0 Å². The third kappa shape index (κ3) is 7.20. The maximum atomic E-state index is 12.5. The molecule has 6 aromatic rings. The quantitative estimate of drug-likeness (QED) is 0.129. The maximum absolute atomic E-state index is 12.5. The highest BCUT2D eigenvalue weighted by Crippen LogP contribution is 2.47. The van der Waals surface area contributed by atoms with E-state index in [1.54, 1.807) is 14.2 Å². The number of aromatic nitrogens is 2. The molecule has 0 saturated heterocycles. The summed E-state index contributed by atoms with van der Waals surface area (Å²) in [5.74, 6) is 1.52. The Labute approximate surface area is 359 Å². The van der Waals surface area contributed by atoms with Crippen molar-refractivity contribution in [2.24, 2.45) is 9.98 Å². The van der Waals surface area contributed by atoms with Crippen molar-refractivity contribution in [3.63, 3.8) is 0 Å². The van der Waals surface area contributed by atoms with E-state index in [9.17, 15) is 4.79 Å². The van der Waals surface area contributed by atoms with Crippen LogP contribution in [-0.2, 0) is 24.1 Å². The lowest BCUT2D eigenvalue weighted by molar-refractivity contribution is -0.114. The molecule has 2 aliphatic heterocycles. The molecule has 0 radical (unpaired) electrons. The molecule has 4 aromatic carbocycles. The molecule has 8 rings (SSSR count). The first-order valence-corrected chi connectivity index (χ1v) is 21.6. The minimum Gasteiger partial charge on any atom is -0.496 e. The molecule has 0 atom stereocenters. The second-order valence-corrected chi connectivity index (χ2v) is 16.1. The Morgan fingerprint density at radius 3 is 1.95 bits per heavy atom. The molecule has 2 N–H and O–H groups in total. The minimum atomic E-state index is -0.149. The average Bonchev–Trinajstić information content (AvgIpc) is 3.93. The number of aromatic amines is 2. The van der Waals surface area contributed by atoms with Crippen LogP contribution in [0.15, 0.2) is 111 Å². The first-order valence-electron chi connectivity index (χ1n) is 21.6. The van der Waals surface area contributed by atoms with Crippen molar-refractivity contribution in [1.29, 1.82) is 0 Å². The number of amides is 1. The molecule has 0 saturated carbocycles. The molecular weight excluding hydrogens is 753 g/mol. The van der Waals surface area contributed by atoms with Crippen LogP contribution in [0.4, 0.5) is 0 Å². The van der Waals surface area contributed by atoms with Crippen LogP contribution in [0.1, 0.15) is 93.6 Å². The van der Waals surface area contributed by atoms with Crippen molar-refractivity contribution < 1.29 is 14.3 Å². The van der Waals surface area contributed by atoms with Gasteiger partial charge in [0.25, 0.3) is 5.91 Å². The lowest BCUT2D eigenvalue weighted by atomic mass is 9.89. The van der Waals surface area contributed by atoms with E-state index in [1.165, 1.54) is 27.8 Å². The Morgan fingerprint density at radius 2 is 1.28 bits per heavy atom. The lowest BCUT2D eigenvalue weighted by Crippen LogP contribution is -2.15. The topological polar surface area (TPSA) is 91.8 Å². The summed E-state index contributed by atoms with van der Waals surface area (Å²) < 4.78 is 12.5. The Bertz CT molecular complexity index is 3070. The summed E-state index contributed by atoms with van der Waals surface area (Å²) in [5, 5.41) is 6.70. The van der Waals surface area contributed by atoms with Crippen molar-refractivity contribution in [2.45, 2.75) is 87.5 Å². The van der Waals surface area contributed by atoms with E-state index in [1.807, 2.05) is 13.0 Å². The van der Waals surface area contributed by atoms with E-state index >= 15 is 0 Å². The first-order chi connectivity index (χ1) is 29.5. The van der Waals surface area contributed by atoms with Crippen molar-refractivity contribution in [3.05, 3.63) is 151 Å². The molecule has 61 heavy (non-hydrogen) atoms. The molecule has 310 valence electrons. The first kappa shape index (κ1) is 41.3. The van der Waals surface area contributed by atoms with Crippen LogP contribution in [0.3, 0.4) is 0 Å². The monoisotopic (exact) mass is 808 g/mol. The predicted octanol–water partition coefficient (Wildman–Crippen LogP) is 11.0. The van der Waals surface area contributed by atoms with Crippen molar-refractivity contribution in [2.75, 3.05) is 14.2 Å². The van der Waals surface area contributed by atoms with Gasteiger partial charge in [0.15, 0.2) is 0 Å². The van der Waals surface area contributed by atoms with Gasteiger partial charge in [-0.1, -0.05) is 82.3 Å². The third-order valence-corrected chi connectivity index (χ3v) is 12.9. The number of methoxy groups -OCH3 is 2. The molecule has 0 unspecified atom stereocenters. The largest absolute Gasteiger partial charge is 0.496 e. The number of benzene rings is 4. The van der Waals surface area contributed by atoms with Gasteiger partial charge in [-0.2, -0.15) is 0 Å². The highest BCUT2D eigenvalue weighted by Gasteiger charge is 2.26. The number of carbonyl (C=O) groups is 1. The summed E-state index contributed by atoms with van der Waals surface area (Å²) in [4.78, 5) is 29.7. The zero-order valence-electron chi connectivity index (χ0n) is 37.2. The zero-order valence-corrected chi connectivity index (χ0v) is 37.2. The number of ether oxygens (including phenoxy) is 2. The molecule has 7 heteroatoms. The number of hydrogen-bond donors (Lipinski definition) is 2. The average molecular weight is 809 g/mol. The molecular formula is C54H56N4O3. The molecule has 7 nitrogen and oxygen atoms in total. The number of aliphatic imine (C=N–C) groups is 2. The van der Waals surface area contributed by atoms with Gasteiger partial charge >= 0.3 is 0 Å². The number of H-pyrrole nitrogens is 2. The SMILES string of the molecule is CCC1=C(C)C(=O)N=C1/C=C1N=C(/C=c2/[nH]/c(=C\c3[nH]c(Cc4cc5ccccc5c(-c5c(OC)ccc6ccccc56)c4OC)c(C)c3CC)c(C)c2CC)C(CC)=C/1C. The van der Waals surface area contributed by atoms with E-state index < -0.39 is 0 Å². The summed E-state index contributed by atoms with van der Waals surface area (Å²) >= 11 is 0. The van der Waals surface area contributed by atoms with Crippen LogP contribution in [0, 0.1) is 13.8 Å². The van der Waals surface area contributed by atoms with Gasteiger partial charge in [0.05, 0.1) is 31.3 Å². The number of nitrogens with zero attached hydrogens (tertiary/aromatic N) is 2. The van der Waals surface area contributed by atoms with Crippen LogP contribution >= 0.6 is 0 Å². The van der Waals surface area contributed by atoms with Crippen LogP contribution in [0.25, 0.3) is 44.8 Å². The van der Waals surface area contributed by atoms with E-state index in [2.05, 4.69) is 142 Å². The predicted molar refractivity (Wildman–Crippen MR) is 254 cm³/mol. The highest BCUT2D eigenvalue weighted by molar-refractivity contribution is 6.26. The molecule has 0 spiro atoms. The number of fused-ring (bicyclic) bond motifs is 2. The molecule has 0 bridgehead atoms. The Hall–Kier alpha value is -6.47. The molecule has 2 aliphatic rings. The van der Waals surface area contributed by atoms with Crippen LogP contribution in [0.2, 0.25) is 0 Å². The summed E-state index contributed by atoms with van der Waals surface area (Å²) in [5.41, 5.74) is 17.2. The standard InChI is InChI=1S/C54H56N4O3/c1-11-37-30(5)43(26-36-25-35-20-16-18-22-42(35)52(53(36)61-10)51-41-21-17-15-19-34(41)23-24-50(51)60-9)55-46(37)27-44-31(6)38(12-2)47(56-44)29-48-39(13-3)32(7)45(57-48)28-49-40(14-4)33(8)54(59)58-49/h15-25,27-29,55-56H,11-14,26H2,1-10H3/b44-27-,45-28+,47-29+. The van der Waals surface area contributed by atoms with Gasteiger partial charge < -0.3 is 19.4 Å². The summed E-state index contributed by atoms with van der Waals surface area (Å²) in [7, 11) is 3.52. The molecule has 1 amide bonds. The highest BCUT2D eigenvalue weighted by atomic mass is 16.5. The summed E-state index contributed by atoms with van der Waals surface area (Å²) in [6, 6.07) is 23.5. The molecule has 2 aromatic heterocycles. The van der Waals surface area contributed by atoms with Crippen LogP contribution in [-0.4, -0.2) is 41.5 Å². The summed E-state index contributed by atoms with van der Waals surface area (Å²) in [6.45, 7) is 17.1. The fourth-order valence-corrected chi connectivity index (χ4v) is 9.63. The second-order valence-electron chi connectivity index (χ2n) is 16.1. The normalized spacial score (nSPS) is 15.7. The number of rotatable bonds is 12. The third-order valence-electron chi connectivity index (χ3n) is 12.9. The fourth-order valence-electron chi connectivity index (χ4n) is 9.63. The minimum absolute atomic E-state index is 0.149. The number of hydrogen-bond acceptors (Lipinski definition) is 4. The Balaban J connectivity index is 1.22. The van der Waals surface area contributed by atoms with Gasteiger partial charge in [0.1, 0.15) is 11.5 Å². The van der Waals surface area contributed by atoms with E-state index in [-0.39, 0.29) is 5.91 Å². The number of carbonyl (C=O) groups excluding carboxylic acids is 1. The van der Waals surface area contributed by atoms with Crippen LogP contribution < -0.4 is 20.2 Å². The van der Waals surface area contributed by atoms with Gasteiger partial charge in [-0.05, 0) is 144 Å². The van der Waals surface area contributed by atoms with Gasteiger partial charge in [-0.15, -0.1) is 0 Å². The van der Waals surface area contributed by atoms with Gasteiger partial charge in [-0.3, -0.25) is 4.79 Å². The van der Waals surface area contributed by atoms with E-state index in [0.717, 1.165) is 131 Å². The molecule has 0 fully saturated rings. The smallest absolute Gasteiger partial charge is 0.273 e. The van der Waals surface area contributed by atoms with Gasteiger partial charge in [-0.25, -0.2) is 9.98 Å². The fraction of sp³-hybridized carbons (Fsp3) is 0.278. The van der Waals surface area contributed by atoms with Crippen molar-refractivity contribution in [1.82, 2.24) is 9.97 Å².